The molecule has 0 aromatic heterocycles. The highest BCUT2D eigenvalue weighted by Crippen LogP contribution is 2.33. The Labute approximate surface area is 203 Å². The second-order valence-corrected chi connectivity index (χ2v) is 7.81. The predicted molar refractivity (Wildman–Crippen MR) is 133 cm³/mol. The monoisotopic (exact) mass is 474 g/mol. The van der Waals surface area contributed by atoms with Crippen molar-refractivity contribution in [3.63, 3.8) is 0 Å². The molecule has 0 bridgehead atoms. The van der Waals surface area contributed by atoms with Gasteiger partial charge < -0.3 is 20.1 Å². The Morgan fingerprint density at radius 1 is 0.914 bits per heavy atom. The number of nitrogens with one attached hydrogen (secondary N) is 2. The lowest BCUT2D eigenvalue weighted by atomic mass is 10.1. The van der Waals surface area contributed by atoms with E-state index in [0.717, 1.165) is 5.56 Å². The fraction of sp³-hybridized carbons (Fsp3) is 0.192. The van der Waals surface area contributed by atoms with Gasteiger partial charge >= 0.3 is 6.03 Å². The van der Waals surface area contributed by atoms with Gasteiger partial charge in [-0.25, -0.2) is 4.79 Å². The SMILES string of the molecule is COc1ccc(CNC(=O)CN2C(=O)CN(C(=O)Nc3ccccc3)c3ccccc32)c(OC)c1. The van der Waals surface area contributed by atoms with Gasteiger partial charge in [0.2, 0.25) is 11.8 Å². The number of hydrogen-bond donors (Lipinski definition) is 2. The molecule has 0 spiro atoms. The first-order valence-corrected chi connectivity index (χ1v) is 11.0. The number of benzene rings is 3. The Balaban J connectivity index is 1.46. The fourth-order valence-corrected chi connectivity index (χ4v) is 3.82. The van der Waals surface area contributed by atoms with Crippen LogP contribution in [0.1, 0.15) is 5.56 Å². The zero-order valence-electron chi connectivity index (χ0n) is 19.5. The second kappa shape index (κ2) is 10.6. The highest BCUT2D eigenvalue weighted by Gasteiger charge is 2.33. The van der Waals surface area contributed by atoms with Gasteiger partial charge in [0.05, 0.1) is 25.6 Å². The Morgan fingerprint density at radius 2 is 1.63 bits per heavy atom. The Hall–Kier alpha value is -4.53. The summed E-state index contributed by atoms with van der Waals surface area (Å²) in [6, 6.07) is 20.9. The van der Waals surface area contributed by atoms with Gasteiger partial charge in [0.1, 0.15) is 24.6 Å². The largest absolute Gasteiger partial charge is 0.497 e. The molecular weight excluding hydrogens is 448 g/mol. The van der Waals surface area contributed by atoms with E-state index in [4.69, 9.17) is 9.47 Å². The molecule has 0 fully saturated rings. The zero-order valence-corrected chi connectivity index (χ0v) is 19.5. The number of fused-ring (bicyclic) bond motifs is 1. The van der Waals surface area contributed by atoms with Crippen molar-refractivity contribution in [3.05, 3.63) is 78.4 Å². The van der Waals surface area contributed by atoms with Crippen LogP contribution in [0.5, 0.6) is 11.5 Å². The highest BCUT2D eigenvalue weighted by atomic mass is 16.5. The minimum atomic E-state index is -0.423. The maximum Gasteiger partial charge on any atom is 0.326 e. The molecule has 35 heavy (non-hydrogen) atoms. The van der Waals surface area contributed by atoms with E-state index in [-0.39, 0.29) is 31.4 Å². The van der Waals surface area contributed by atoms with Crippen LogP contribution in [-0.2, 0) is 16.1 Å². The van der Waals surface area contributed by atoms with Crippen molar-refractivity contribution in [1.29, 1.82) is 0 Å². The Morgan fingerprint density at radius 3 is 2.34 bits per heavy atom. The number of rotatable bonds is 7. The van der Waals surface area contributed by atoms with Crippen molar-refractivity contribution in [2.75, 3.05) is 42.4 Å². The third-order valence-electron chi connectivity index (χ3n) is 5.60. The summed E-state index contributed by atoms with van der Waals surface area (Å²) in [6.45, 7) is -0.140. The number of amides is 4. The molecule has 4 amide bonds. The van der Waals surface area contributed by atoms with Crippen molar-refractivity contribution >= 4 is 34.9 Å². The van der Waals surface area contributed by atoms with Gasteiger partial charge in [0.15, 0.2) is 0 Å². The number of hydrogen-bond acceptors (Lipinski definition) is 5. The molecule has 9 heteroatoms. The average Bonchev–Trinajstić information content (AvgIpc) is 2.89. The van der Waals surface area contributed by atoms with Gasteiger partial charge in [0.25, 0.3) is 0 Å². The molecule has 1 aliphatic rings. The van der Waals surface area contributed by atoms with Crippen LogP contribution in [0.4, 0.5) is 21.9 Å². The van der Waals surface area contributed by atoms with Crippen LogP contribution < -0.4 is 29.9 Å². The van der Waals surface area contributed by atoms with E-state index in [1.807, 2.05) is 24.3 Å². The van der Waals surface area contributed by atoms with E-state index in [2.05, 4.69) is 10.6 Å². The summed E-state index contributed by atoms with van der Waals surface area (Å²) in [6.07, 6.45) is 0. The molecule has 0 saturated heterocycles. The quantitative estimate of drug-likeness (QED) is 0.547. The second-order valence-electron chi connectivity index (χ2n) is 7.81. The van der Waals surface area contributed by atoms with Gasteiger partial charge in [-0.15, -0.1) is 0 Å². The lowest BCUT2D eigenvalue weighted by Gasteiger charge is -2.35. The lowest BCUT2D eigenvalue weighted by Crippen LogP contribution is -2.51. The van der Waals surface area contributed by atoms with Crippen molar-refractivity contribution in [2.45, 2.75) is 6.54 Å². The predicted octanol–water partition coefficient (Wildman–Crippen LogP) is 3.41. The summed E-state index contributed by atoms with van der Waals surface area (Å²) in [4.78, 5) is 41.4. The van der Waals surface area contributed by atoms with Crippen LogP contribution in [0.3, 0.4) is 0 Å². The average molecular weight is 475 g/mol. The van der Waals surface area contributed by atoms with E-state index in [1.54, 1.807) is 62.8 Å². The molecule has 0 unspecified atom stereocenters. The van der Waals surface area contributed by atoms with E-state index >= 15 is 0 Å². The maximum absolute atomic E-state index is 13.0. The zero-order chi connectivity index (χ0) is 24.8. The molecular formula is C26H26N4O5. The summed E-state index contributed by atoms with van der Waals surface area (Å²) >= 11 is 0. The number of nitrogens with zero attached hydrogens (tertiary/aromatic N) is 2. The van der Waals surface area contributed by atoms with E-state index in [9.17, 15) is 14.4 Å². The third kappa shape index (κ3) is 5.35. The summed E-state index contributed by atoms with van der Waals surface area (Å²) in [5.74, 6) is 0.537. The molecule has 3 aromatic rings. The number of methoxy groups -OCH3 is 2. The van der Waals surface area contributed by atoms with Crippen LogP contribution in [0.15, 0.2) is 72.8 Å². The number of ether oxygens (including phenoxy) is 2. The molecule has 3 aromatic carbocycles. The van der Waals surface area contributed by atoms with Crippen LogP contribution in [0.25, 0.3) is 0 Å². The molecule has 180 valence electrons. The normalized spacial score (nSPS) is 12.6. The maximum atomic E-state index is 13.0. The third-order valence-corrected chi connectivity index (χ3v) is 5.60. The van der Waals surface area contributed by atoms with Gasteiger partial charge in [-0.2, -0.15) is 0 Å². The first-order valence-electron chi connectivity index (χ1n) is 11.0. The molecule has 9 nitrogen and oxygen atoms in total. The van der Waals surface area contributed by atoms with Gasteiger partial charge in [-0.3, -0.25) is 19.4 Å². The minimum absolute atomic E-state index is 0.178. The summed E-state index contributed by atoms with van der Waals surface area (Å²) < 4.78 is 10.6. The molecule has 4 rings (SSSR count). The number of urea groups is 1. The van der Waals surface area contributed by atoms with Crippen LogP contribution >= 0.6 is 0 Å². The minimum Gasteiger partial charge on any atom is -0.497 e. The number of anilines is 3. The molecule has 2 N–H and O–H groups in total. The number of carbonyl (C=O) groups is 3. The Bertz CT molecular complexity index is 1230. The number of para-hydroxylation sites is 3. The van der Waals surface area contributed by atoms with Gasteiger partial charge in [-0.1, -0.05) is 30.3 Å². The summed E-state index contributed by atoms with van der Waals surface area (Å²) in [7, 11) is 3.11. The van der Waals surface area contributed by atoms with Crippen LogP contribution in [0, 0.1) is 0 Å². The molecule has 0 atom stereocenters. The highest BCUT2D eigenvalue weighted by molar-refractivity contribution is 6.15. The van der Waals surface area contributed by atoms with Crippen LogP contribution in [-0.4, -0.2) is 45.2 Å². The molecule has 1 aliphatic heterocycles. The first kappa shape index (κ1) is 23.6. The van der Waals surface area contributed by atoms with Crippen molar-refractivity contribution in [3.8, 4) is 11.5 Å². The van der Waals surface area contributed by atoms with Gasteiger partial charge in [-0.05, 0) is 36.4 Å². The molecule has 0 saturated carbocycles. The van der Waals surface area contributed by atoms with Crippen molar-refractivity contribution in [2.24, 2.45) is 0 Å². The number of carbonyl (C=O) groups excluding carboxylic acids is 3. The van der Waals surface area contributed by atoms with Crippen molar-refractivity contribution in [1.82, 2.24) is 5.32 Å². The standard InChI is InChI=1S/C26H26N4O5/c1-34-20-13-12-18(23(14-20)35-2)15-27-24(31)16-29-21-10-6-7-11-22(21)30(17-25(29)32)26(33)28-19-8-4-3-5-9-19/h3-14H,15-17H2,1-2H3,(H,27,31)(H,28,33). The Kier molecular flexibility index (Phi) is 7.15. The van der Waals surface area contributed by atoms with E-state index < -0.39 is 6.03 Å². The smallest absolute Gasteiger partial charge is 0.326 e. The molecule has 0 aliphatic carbocycles. The summed E-state index contributed by atoms with van der Waals surface area (Å²) in [5, 5.41) is 5.63. The topological polar surface area (TPSA) is 100 Å². The van der Waals surface area contributed by atoms with Crippen LogP contribution in [0.2, 0.25) is 0 Å². The summed E-state index contributed by atoms with van der Waals surface area (Å²) in [5.41, 5.74) is 2.43. The van der Waals surface area contributed by atoms with Gasteiger partial charge in [0, 0.05) is 23.9 Å². The first-order chi connectivity index (χ1) is 17.0. The molecule has 0 radical (unpaired) electrons. The van der Waals surface area contributed by atoms with E-state index in [1.165, 1.54) is 9.80 Å². The van der Waals surface area contributed by atoms with E-state index in [0.29, 0.717) is 28.6 Å². The van der Waals surface area contributed by atoms with Crippen molar-refractivity contribution < 1.29 is 23.9 Å². The lowest BCUT2D eigenvalue weighted by molar-refractivity contribution is -0.123. The molecule has 1 heterocycles. The fourth-order valence-electron chi connectivity index (χ4n) is 3.82.